The van der Waals surface area contributed by atoms with Crippen molar-refractivity contribution in [2.24, 2.45) is 5.10 Å². The van der Waals surface area contributed by atoms with Crippen LogP contribution in [0.3, 0.4) is 0 Å². The Morgan fingerprint density at radius 1 is 0.963 bits per heavy atom. The molecule has 27 heavy (non-hydrogen) atoms. The largest absolute Gasteiger partial charge is 0.496 e. The summed E-state index contributed by atoms with van der Waals surface area (Å²) in [6, 6.07) is 9.22. The summed E-state index contributed by atoms with van der Waals surface area (Å²) < 4.78 is 21.4. The summed E-state index contributed by atoms with van der Waals surface area (Å²) in [7, 11) is 4.62. The van der Waals surface area contributed by atoms with Crippen LogP contribution in [0.15, 0.2) is 35.4 Å². The number of carbonyl (C=O) groups excluding carboxylic acids is 1. The summed E-state index contributed by atoms with van der Waals surface area (Å²) in [4.78, 5) is 12.0. The first-order chi connectivity index (χ1) is 13.0. The maximum Gasteiger partial charge on any atom is 0.277 e. The number of methoxy groups -OCH3 is 3. The quantitative estimate of drug-likeness (QED) is 0.569. The third-order valence-corrected chi connectivity index (χ3v) is 3.83. The van der Waals surface area contributed by atoms with Gasteiger partial charge in [0.05, 0.1) is 27.5 Å². The molecule has 7 nitrogen and oxygen atoms in total. The molecule has 0 spiro atoms. The molecule has 0 aliphatic carbocycles. The second kappa shape index (κ2) is 9.47. The highest BCUT2D eigenvalue weighted by atomic mass is 16.5. The van der Waals surface area contributed by atoms with Crippen molar-refractivity contribution >= 4 is 12.1 Å². The summed E-state index contributed by atoms with van der Waals surface area (Å²) in [5.74, 6) is 1.92. The molecule has 1 N–H and O–H groups in total. The molecule has 0 bridgehead atoms. The molecule has 0 fully saturated rings. The lowest BCUT2D eigenvalue weighted by atomic mass is 10.1. The second-order valence-corrected chi connectivity index (χ2v) is 5.80. The van der Waals surface area contributed by atoms with Gasteiger partial charge in [0.2, 0.25) is 0 Å². The molecule has 0 saturated heterocycles. The van der Waals surface area contributed by atoms with Crippen molar-refractivity contribution in [3.8, 4) is 23.0 Å². The molecule has 2 rings (SSSR count). The van der Waals surface area contributed by atoms with E-state index in [-0.39, 0.29) is 12.5 Å². The van der Waals surface area contributed by atoms with Crippen molar-refractivity contribution < 1.29 is 23.7 Å². The van der Waals surface area contributed by atoms with E-state index in [1.54, 1.807) is 19.2 Å². The lowest BCUT2D eigenvalue weighted by molar-refractivity contribution is -0.123. The molecule has 2 aromatic rings. The van der Waals surface area contributed by atoms with Gasteiger partial charge in [-0.3, -0.25) is 4.79 Å². The fourth-order valence-electron chi connectivity index (χ4n) is 2.37. The normalized spacial score (nSPS) is 10.6. The predicted octanol–water partition coefficient (Wildman–Crippen LogP) is 2.86. The van der Waals surface area contributed by atoms with Crippen LogP contribution in [-0.2, 0) is 4.79 Å². The number of nitrogens with one attached hydrogen (secondary N) is 1. The monoisotopic (exact) mass is 372 g/mol. The van der Waals surface area contributed by atoms with Crippen molar-refractivity contribution in [2.75, 3.05) is 27.9 Å². The number of ether oxygens (including phenoxy) is 4. The van der Waals surface area contributed by atoms with E-state index in [2.05, 4.69) is 10.5 Å². The second-order valence-electron chi connectivity index (χ2n) is 5.80. The van der Waals surface area contributed by atoms with Gasteiger partial charge in [-0.1, -0.05) is 12.1 Å². The van der Waals surface area contributed by atoms with Crippen LogP contribution in [-0.4, -0.2) is 40.1 Å². The van der Waals surface area contributed by atoms with Gasteiger partial charge >= 0.3 is 0 Å². The van der Waals surface area contributed by atoms with Gasteiger partial charge in [-0.15, -0.1) is 0 Å². The maximum atomic E-state index is 12.0. The molecule has 1 amide bonds. The lowest BCUT2D eigenvalue weighted by Gasteiger charge is -2.12. The topological polar surface area (TPSA) is 78.4 Å². The lowest BCUT2D eigenvalue weighted by Crippen LogP contribution is -2.24. The van der Waals surface area contributed by atoms with Crippen molar-refractivity contribution in [1.82, 2.24) is 5.43 Å². The number of hydrazone groups is 1. The fraction of sp³-hybridized carbons (Fsp3) is 0.300. The molecule has 7 heteroatoms. The molecule has 144 valence electrons. The van der Waals surface area contributed by atoms with Gasteiger partial charge in [0.25, 0.3) is 5.91 Å². The minimum absolute atomic E-state index is 0.134. The molecule has 0 heterocycles. The summed E-state index contributed by atoms with van der Waals surface area (Å²) in [6.07, 6.45) is 1.47. The summed E-state index contributed by atoms with van der Waals surface area (Å²) >= 11 is 0. The van der Waals surface area contributed by atoms with Gasteiger partial charge in [-0.05, 0) is 37.1 Å². The van der Waals surface area contributed by atoms with E-state index in [1.165, 1.54) is 20.4 Å². The van der Waals surface area contributed by atoms with E-state index in [4.69, 9.17) is 18.9 Å². The summed E-state index contributed by atoms with van der Waals surface area (Å²) in [5, 5.41) is 3.95. The highest BCUT2D eigenvalue weighted by Crippen LogP contribution is 2.33. The molecule has 0 unspecified atom stereocenters. The van der Waals surface area contributed by atoms with E-state index in [0.29, 0.717) is 28.6 Å². The van der Waals surface area contributed by atoms with Gasteiger partial charge in [-0.25, -0.2) is 5.43 Å². The number of amides is 1. The van der Waals surface area contributed by atoms with Gasteiger partial charge < -0.3 is 18.9 Å². The molecule has 0 aliphatic rings. The van der Waals surface area contributed by atoms with E-state index in [0.717, 1.165) is 11.1 Å². The van der Waals surface area contributed by atoms with Crippen LogP contribution < -0.4 is 24.4 Å². The number of hydrogen-bond donors (Lipinski definition) is 1. The Hall–Kier alpha value is -3.22. The Balaban J connectivity index is 2.00. The zero-order chi connectivity index (χ0) is 19.8. The van der Waals surface area contributed by atoms with E-state index in [9.17, 15) is 4.79 Å². The van der Waals surface area contributed by atoms with Gasteiger partial charge in [-0.2, -0.15) is 5.10 Å². The number of benzene rings is 2. The summed E-state index contributed by atoms with van der Waals surface area (Å²) in [6.45, 7) is 3.76. The number of rotatable bonds is 8. The Bertz CT molecular complexity index is 833. The van der Waals surface area contributed by atoms with Crippen LogP contribution in [0.25, 0.3) is 0 Å². The Morgan fingerprint density at radius 3 is 2.30 bits per heavy atom. The van der Waals surface area contributed by atoms with Gasteiger partial charge in [0.1, 0.15) is 11.5 Å². The molecule has 0 atom stereocenters. The van der Waals surface area contributed by atoms with Gasteiger partial charge in [0.15, 0.2) is 18.1 Å². The van der Waals surface area contributed by atoms with E-state index in [1.807, 2.05) is 32.0 Å². The van der Waals surface area contributed by atoms with Crippen LogP contribution in [0.2, 0.25) is 0 Å². The van der Waals surface area contributed by atoms with Crippen molar-refractivity contribution in [1.29, 1.82) is 0 Å². The third kappa shape index (κ3) is 5.37. The molecule has 0 radical (unpaired) electrons. The first kappa shape index (κ1) is 20.1. The van der Waals surface area contributed by atoms with Crippen LogP contribution in [0.1, 0.15) is 16.7 Å². The number of nitrogens with zero attached hydrogens (tertiary/aromatic N) is 1. The zero-order valence-corrected chi connectivity index (χ0v) is 16.2. The van der Waals surface area contributed by atoms with Crippen molar-refractivity contribution in [3.05, 3.63) is 47.0 Å². The predicted molar refractivity (Wildman–Crippen MR) is 103 cm³/mol. The highest BCUT2D eigenvalue weighted by Gasteiger charge is 2.11. The first-order valence-electron chi connectivity index (χ1n) is 8.30. The Labute approximate surface area is 158 Å². The van der Waals surface area contributed by atoms with Crippen molar-refractivity contribution in [3.63, 3.8) is 0 Å². The van der Waals surface area contributed by atoms with E-state index < -0.39 is 0 Å². The van der Waals surface area contributed by atoms with Crippen LogP contribution >= 0.6 is 0 Å². The highest BCUT2D eigenvalue weighted by molar-refractivity contribution is 5.86. The molecule has 2 aromatic carbocycles. The molecule has 0 aliphatic heterocycles. The smallest absolute Gasteiger partial charge is 0.277 e. The zero-order valence-electron chi connectivity index (χ0n) is 16.2. The number of hydrogen-bond acceptors (Lipinski definition) is 6. The fourth-order valence-corrected chi connectivity index (χ4v) is 2.37. The summed E-state index contributed by atoms with van der Waals surface area (Å²) in [5.41, 5.74) is 5.09. The Kier molecular flexibility index (Phi) is 7.05. The first-order valence-corrected chi connectivity index (χ1v) is 8.30. The maximum absolute atomic E-state index is 12.0. The SMILES string of the molecule is COc1cc(OC)c(OC)cc1/C=N/NC(=O)COc1cc(C)ccc1C. The minimum Gasteiger partial charge on any atom is -0.496 e. The van der Waals surface area contributed by atoms with Crippen LogP contribution in [0.4, 0.5) is 0 Å². The molecular formula is C20H24N2O5. The standard InChI is InChI=1S/C20H24N2O5/c1-13-6-7-14(2)16(8-13)27-12-20(23)22-21-11-15-9-18(25-4)19(26-5)10-17(15)24-3/h6-11H,12H2,1-5H3,(H,22,23)/b21-11+. The number of carbonyl (C=O) groups is 1. The van der Waals surface area contributed by atoms with E-state index >= 15 is 0 Å². The number of aryl methyl sites for hydroxylation is 2. The Morgan fingerprint density at radius 2 is 1.63 bits per heavy atom. The average Bonchev–Trinajstić information content (AvgIpc) is 2.68. The molecule has 0 saturated carbocycles. The van der Waals surface area contributed by atoms with Gasteiger partial charge in [0, 0.05) is 11.6 Å². The van der Waals surface area contributed by atoms with Crippen molar-refractivity contribution in [2.45, 2.75) is 13.8 Å². The van der Waals surface area contributed by atoms with Crippen LogP contribution in [0.5, 0.6) is 23.0 Å². The molecular weight excluding hydrogens is 348 g/mol. The third-order valence-electron chi connectivity index (χ3n) is 3.83. The van der Waals surface area contributed by atoms with Crippen LogP contribution in [0, 0.1) is 13.8 Å². The minimum atomic E-state index is -0.369. The average molecular weight is 372 g/mol. The molecule has 0 aromatic heterocycles.